The van der Waals surface area contributed by atoms with Crippen molar-refractivity contribution < 1.29 is 14.3 Å². The van der Waals surface area contributed by atoms with Crippen molar-refractivity contribution in [3.05, 3.63) is 62.7 Å². The van der Waals surface area contributed by atoms with Gasteiger partial charge in [0, 0.05) is 9.13 Å². The molecule has 2 rings (SSSR count). The van der Waals surface area contributed by atoms with Crippen molar-refractivity contribution in [2.24, 2.45) is 0 Å². The fourth-order valence-corrected chi connectivity index (χ4v) is 3.04. The van der Waals surface area contributed by atoms with E-state index >= 15 is 0 Å². The number of rotatable bonds is 6. The van der Waals surface area contributed by atoms with Crippen molar-refractivity contribution >= 4 is 51.7 Å². The second kappa shape index (κ2) is 11.1. The third-order valence-electron chi connectivity index (χ3n) is 4.41. The molecule has 0 aliphatic heterocycles. The predicted octanol–water partition coefficient (Wildman–Crippen LogP) is 3.83. The highest BCUT2D eigenvalue weighted by Gasteiger charge is 2.10. The number of thiocarbonyl (C=S) groups is 1. The largest absolute Gasteiger partial charge is 0.484 e. The third-order valence-corrected chi connectivity index (χ3v) is 5.77. The van der Waals surface area contributed by atoms with Gasteiger partial charge in [-0.25, -0.2) is 0 Å². The Bertz CT molecular complexity index is 887. The zero-order valence-corrected chi connectivity index (χ0v) is 19.5. The second-order valence-electron chi connectivity index (χ2n) is 6.59. The van der Waals surface area contributed by atoms with Crippen LogP contribution in [0.25, 0.3) is 0 Å². The molecular weight excluding hydrogens is 501 g/mol. The fourth-order valence-electron chi connectivity index (χ4n) is 2.38. The normalized spacial score (nSPS) is 11.3. The molecule has 0 saturated carbocycles. The molecule has 29 heavy (non-hydrogen) atoms. The summed E-state index contributed by atoms with van der Waals surface area (Å²) in [4.78, 5) is 24.1. The minimum atomic E-state index is -0.419. The van der Waals surface area contributed by atoms with Gasteiger partial charge in [0.05, 0.1) is 0 Å². The molecule has 8 heteroatoms. The molecule has 0 fully saturated rings. The SMILES string of the molecule is CCC(C)c1ccc(OCC(=O)NNC(=S)NC(=O)c2ccc(C)c(I)c2)cc1. The average molecular weight is 525 g/mol. The van der Waals surface area contributed by atoms with Crippen LogP contribution in [0.1, 0.15) is 47.7 Å². The lowest BCUT2D eigenvalue weighted by Crippen LogP contribution is -2.49. The van der Waals surface area contributed by atoms with Crippen LogP contribution in [0.5, 0.6) is 5.75 Å². The van der Waals surface area contributed by atoms with Crippen molar-refractivity contribution in [1.82, 2.24) is 16.2 Å². The summed E-state index contributed by atoms with van der Waals surface area (Å²) in [6, 6.07) is 13.0. The van der Waals surface area contributed by atoms with Crippen LogP contribution in [0.15, 0.2) is 42.5 Å². The minimum absolute atomic E-state index is 0.00293. The quantitative estimate of drug-likeness (QED) is 0.304. The number of amides is 2. The molecule has 0 radical (unpaired) electrons. The van der Waals surface area contributed by atoms with Gasteiger partial charge in [-0.3, -0.25) is 25.8 Å². The molecule has 154 valence electrons. The van der Waals surface area contributed by atoms with Gasteiger partial charge >= 0.3 is 0 Å². The molecule has 1 unspecified atom stereocenters. The van der Waals surface area contributed by atoms with E-state index in [1.54, 1.807) is 12.1 Å². The summed E-state index contributed by atoms with van der Waals surface area (Å²) in [6.45, 7) is 6.09. The van der Waals surface area contributed by atoms with E-state index in [1.165, 1.54) is 5.56 Å². The van der Waals surface area contributed by atoms with Gasteiger partial charge < -0.3 is 4.74 Å². The number of hydrogen-bond donors (Lipinski definition) is 3. The van der Waals surface area contributed by atoms with Gasteiger partial charge in [0.2, 0.25) is 0 Å². The lowest BCUT2D eigenvalue weighted by atomic mass is 9.99. The Hall–Kier alpha value is -2.20. The van der Waals surface area contributed by atoms with Crippen LogP contribution in [0, 0.1) is 10.5 Å². The summed E-state index contributed by atoms with van der Waals surface area (Å²) in [5, 5.41) is 2.51. The van der Waals surface area contributed by atoms with Crippen LogP contribution in [-0.2, 0) is 4.79 Å². The van der Waals surface area contributed by atoms with E-state index in [2.05, 4.69) is 52.6 Å². The first-order chi connectivity index (χ1) is 13.8. The van der Waals surface area contributed by atoms with Crippen LogP contribution >= 0.6 is 34.8 Å². The molecule has 6 nitrogen and oxygen atoms in total. The molecule has 2 aromatic carbocycles. The summed E-state index contributed by atoms with van der Waals surface area (Å²) in [5.41, 5.74) is 7.70. The van der Waals surface area contributed by atoms with Gasteiger partial charge in [0.25, 0.3) is 11.8 Å². The van der Waals surface area contributed by atoms with Gasteiger partial charge in [-0.1, -0.05) is 32.0 Å². The van der Waals surface area contributed by atoms with Crippen LogP contribution in [-0.4, -0.2) is 23.5 Å². The zero-order valence-electron chi connectivity index (χ0n) is 16.5. The van der Waals surface area contributed by atoms with Crippen molar-refractivity contribution in [3.8, 4) is 5.75 Å². The highest BCUT2D eigenvalue weighted by atomic mass is 127. The molecule has 0 aromatic heterocycles. The number of hydrazine groups is 1. The summed E-state index contributed by atoms with van der Waals surface area (Å²) < 4.78 is 6.44. The molecule has 0 aliphatic rings. The van der Waals surface area contributed by atoms with E-state index in [-0.39, 0.29) is 17.6 Å². The molecule has 0 heterocycles. The first kappa shape index (κ1) is 23.1. The highest BCUT2D eigenvalue weighted by Crippen LogP contribution is 2.21. The van der Waals surface area contributed by atoms with Gasteiger partial charge in [-0.05, 0) is 89.5 Å². The summed E-state index contributed by atoms with van der Waals surface area (Å²) in [5.74, 6) is 0.318. The van der Waals surface area contributed by atoms with Crippen LogP contribution in [0.4, 0.5) is 0 Å². The number of aryl methyl sites for hydroxylation is 1. The summed E-state index contributed by atoms with van der Waals surface area (Å²) >= 11 is 7.20. The highest BCUT2D eigenvalue weighted by molar-refractivity contribution is 14.1. The maximum Gasteiger partial charge on any atom is 0.276 e. The molecule has 0 spiro atoms. The standard InChI is InChI=1S/C21H24IN3O3S/c1-4-13(2)15-7-9-17(10-8-15)28-12-19(26)24-25-21(29)23-20(27)16-6-5-14(3)18(22)11-16/h5-11,13H,4,12H2,1-3H3,(H,24,26)(H2,23,25,27,29). The van der Waals surface area contributed by atoms with E-state index < -0.39 is 5.91 Å². The van der Waals surface area contributed by atoms with E-state index in [0.29, 0.717) is 17.2 Å². The molecular formula is C21H24IN3O3S. The van der Waals surface area contributed by atoms with Crippen molar-refractivity contribution in [3.63, 3.8) is 0 Å². The number of ether oxygens (including phenoxy) is 1. The molecule has 3 N–H and O–H groups in total. The van der Waals surface area contributed by atoms with Crippen molar-refractivity contribution in [2.75, 3.05) is 6.61 Å². The zero-order chi connectivity index (χ0) is 21.4. The summed E-state index contributed by atoms with van der Waals surface area (Å²) in [7, 11) is 0. The maximum absolute atomic E-state index is 12.2. The van der Waals surface area contributed by atoms with E-state index in [9.17, 15) is 9.59 Å². The van der Waals surface area contributed by atoms with Crippen molar-refractivity contribution in [2.45, 2.75) is 33.1 Å². The second-order valence-corrected chi connectivity index (χ2v) is 8.16. The van der Waals surface area contributed by atoms with Crippen molar-refractivity contribution in [1.29, 1.82) is 0 Å². The first-order valence-corrected chi connectivity index (χ1v) is 10.7. The van der Waals surface area contributed by atoms with E-state index in [0.717, 1.165) is 15.6 Å². The number of hydrogen-bond acceptors (Lipinski definition) is 4. The summed E-state index contributed by atoms with van der Waals surface area (Å²) in [6.07, 6.45) is 1.06. The van der Waals surface area contributed by atoms with E-state index in [1.807, 2.05) is 37.3 Å². The molecule has 2 amide bonds. The third kappa shape index (κ3) is 7.28. The Kier molecular flexibility index (Phi) is 8.84. The van der Waals surface area contributed by atoms with Crippen LogP contribution in [0.3, 0.4) is 0 Å². The fraction of sp³-hybridized carbons (Fsp3) is 0.286. The van der Waals surface area contributed by atoms with Gasteiger partial charge in [-0.2, -0.15) is 0 Å². The Balaban J connectivity index is 1.74. The molecule has 0 aliphatic carbocycles. The van der Waals surface area contributed by atoms with Crippen LogP contribution in [0.2, 0.25) is 0 Å². The van der Waals surface area contributed by atoms with Crippen LogP contribution < -0.4 is 20.9 Å². The number of carbonyl (C=O) groups excluding carboxylic acids is 2. The Morgan fingerprint density at radius 3 is 2.45 bits per heavy atom. The number of halogens is 1. The monoisotopic (exact) mass is 525 g/mol. The van der Waals surface area contributed by atoms with Gasteiger partial charge in [0.1, 0.15) is 5.75 Å². The van der Waals surface area contributed by atoms with E-state index in [4.69, 9.17) is 17.0 Å². The van der Waals surface area contributed by atoms with Gasteiger partial charge in [-0.15, -0.1) is 0 Å². The molecule has 2 aromatic rings. The predicted molar refractivity (Wildman–Crippen MR) is 126 cm³/mol. The lowest BCUT2D eigenvalue weighted by molar-refractivity contribution is -0.123. The topological polar surface area (TPSA) is 79.5 Å². The smallest absolute Gasteiger partial charge is 0.276 e. The Morgan fingerprint density at radius 1 is 1.14 bits per heavy atom. The van der Waals surface area contributed by atoms with Gasteiger partial charge in [0.15, 0.2) is 11.7 Å². The first-order valence-electron chi connectivity index (χ1n) is 9.19. The Labute approximate surface area is 189 Å². The number of carbonyl (C=O) groups is 2. The number of nitrogens with one attached hydrogen (secondary N) is 3. The molecule has 0 bridgehead atoms. The maximum atomic E-state index is 12.2. The minimum Gasteiger partial charge on any atom is -0.484 e. The number of benzene rings is 2. The molecule has 1 atom stereocenters. The molecule has 0 saturated heterocycles. The average Bonchev–Trinajstić information content (AvgIpc) is 2.72. The lowest BCUT2D eigenvalue weighted by Gasteiger charge is -2.12. The Morgan fingerprint density at radius 2 is 1.83 bits per heavy atom.